The van der Waals surface area contributed by atoms with Crippen LogP contribution in [-0.2, 0) is 0 Å². The Balaban J connectivity index is 0.976. The first-order valence-corrected chi connectivity index (χ1v) is 19.4. The number of para-hydroxylation sites is 3. The van der Waals surface area contributed by atoms with E-state index in [0.717, 1.165) is 44.7 Å². The van der Waals surface area contributed by atoms with Gasteiger partial charge in [-0.05, 0) is 106 Å². The fourth-order valence-corrected chi connectivity index (χ4v) is 8.40. The third-order valence-electron chi connectivity index (χ3n) is 11.2. The molecule has 0 aliphatic rings. The minimum absolute atomic E-state index is 0.869. The molecule has 0 aliphatic heterocycles. The maximum absolute atomic E-state index is 6.38. The summed E-state index contributed by atoms with van der Waals surface area (Å²) < 4.78 is 8.74. The van der Waals surface area contributed by atoms with Crippen molar-refractivity contribution in [3.05, 3.63) is 218 Å². The molecule has 0 saturated carbocycles. The molecule has 0 spiro atoms. The van der Waals surface area contributed by atoms with Gasteiger partial charge in [0.1, 0.15) is 11.2 Å². The molecule has 0 fully saturated rings. The third kappa shape index (κ3) is 5.76. The lowest BCUT2D eigenvalue weighted by Crippen LogP contribution is -2.09. The van der Waals surface area contributed by atoms with Gasteiger partial charge in [0, 0.05) is 50.4 Å². The molecule has 0 unspecified atom stereocenters. The first-order chi connectivity index (χ1) is 28.2. The van der Waals surface area contributed by atoms with Crippen molar-refractivity contribution >= 4 is 60.8 Å². The van der Waals surface area contributed by atoms with E-state index in [1.807, 2.05) is 12.1 Å². The number of rotatable bonds is 7. The minimum Gasteiger partial charge on any atom is -0.456 e. The van der Waals surface area contributed by atoms with Crippen molar-refractivity contribution in [3.63, 3.8) is 0 Å². The summed E-state index contributed by atoms with van der Waals surface area (Å²) in [4.78, 5) is 2.31. The molecule has 0 aliphatic carbocycles. The van der Waals surface area contributed by atoms with Crippen LogP contribution in [0.4, 0.5) is 17.1 Å². The highest BCUT2D eigenvalue weighted by atomic mass is 16.3. The molecule has 2 heterocycles. The Morgan fingerprint density at radius 1 is 0.298 bits per heavy atom. The topological polar surface area (TPSA) is 21.3 Å². The van der Waals surface area contributed by atoms with Crippen molar-refractivity contribution in [1.29, 1.82) is 0 Å². The molecule has 0 atom stereocenters. The molecule has 11 aromatic rings. The molecule has 0 amide bonds. The summed E-state index contributed by atoms with van der Waals surface area (Å²) in [5, 5.41) is 4.73. The van der Waals surface area contributed by atoms with Gasteiger partial charge in [-0.2, -0.15) is 0 Å². The number of fused-ring (bicyclic) bond motifs is 6. The summed E-state index contributed by atoms with van der Waals surface area (Å²) in [7, 11) is 0. The quantitative estimate of drug-likeness (QED) is 0.163. The molecule has 2 aromatic heterocycles. The van der Waals surface area contributed by atoms with Crippen molar-refractivity contribution in [2.24, 2.45) is 0 Å². The second-order valence-corrected chi connectivity index (χ2v) is 14.6. The van der Waals surface area contributed by atoms with Crippen LogP contribution in [0.1, 0.15) is 0 Å². The molecule has 0 N–H and O–H groups in total. The molecular weight excluding hydrogens is 693 g/mol. The van der Waals surface area contributed by atoms with Gasteiger partial charge < -0.3 is 13.9 Å². The van der Waals surface area contributed by atoms with E-state index in [0.29, 0.717) is 0 Å². The zero-order valence-corrected chi connectivity index (χ0v) is 31.1. The van der Waals surface area contributed by atoms with Gasteiger partial charge in [0.05, 0.1) is 11.0 Å². The molecular formula is C54H36N2O. The predicted molar refractivity (Wildman–Crippen MR) is 239 cm³/mol. The highest BCUT2D eigenvalue weighted by Gasteiger charge is 2.17. The Morgan fingerprint density at radius 2 is 0.772 bits per heavy atom. The van der Waals surface area contributed by atoms with Crippen molar-refractivity contribution in [3.8, 4) is 39.1 Å². The average molecular weight is 729 g/mol. The van der Waals surface area contributed by atoms with Crippen molar-refractivity contribution < 1.29 is 4.42 Å². The second kappa shape index (κ2) is 13.6. The Hall–Kier alpha value is -7.62. The zero-order chi connectivity index (χ0) is 37.7. The van der Waals surface area contributed by atoms with Gasteiger partial charge in [-0.25, -0.2) is 0 Å². The maximum Gasteiger partial charge on any atom is 0.137 e. The molecule has 268 valence electrons. The van der Waals surface area contributed by atoms with Crippen LogP contribution in [0.15, 0.2) is 223 Å². The first-order valence-electron chi connectivity index (χ1n) is 19.4. The fraction of sp³-hybridized carbons (Fsp3) is 0. The van der Waals surface area contributed by atoms with Gasteiger partial charge in [-0.1, -0.05) is 140 Å². The SMILES string of the molecule is c1ccc(-c2ccc(-c3ccc(N(c4ccc(-c5ccc6c(c5)c5ccccc5n6-c5ccccc5)cc4)c4ccc5c(c4)oc4ccccc45)cc3)cc2)cc1. The molecule has 0 saturated heterocycles. The van der Waals surface area contributed by atoms with Crippen LogP contribution in [0.5, 0.6) is 0 Å². The van der Waals surface area contributed by atoms with Gasteiger partial charge in [0.15, 0.2) is 0 Å². The number of furan rings is 1. The van der Waals surface area contributed by atoms with Crippen LogP contribution in [0.2, 0.25) is 0 Å². The van der Waals surface area contributed by atoms with Crippen LogP contribution in [0.3, 0.4) is 0 Å². The lowest BCUT2D eigenvalue weighted by Gasteiger charge is -2.26. The lowest BCUT2D eigenvalue weighted by atomic mass is 10.00. The molecule has 9 aromatic carbocycles. The summed E-state index contributed by atoms with van der Waals surface area (Å²) in [6.45, 7) is 0. The van der Waals surface area contributed by atoms with E-state index in [-0.39, 0.29) is 0 Å². The number of anilines is 3. The van der Waals surface area contributed by atoms with E-state index < -0.39 is 0 Å². The molecule has 3 nitrogen and oxygen atoms in total. The van der Waals surface area contributed by atoms with Crippen LogP contribution in [0.25, 0.3) is 82.8 Å². The minimum atomic E-state index is 0.869. The molecule has 3 heteroatoms. The number of aromatic nitrogens is 1. The second-order valence-electron chi connectivity index (χ2n) is 14.6. The summed E-state index contributed by atoms with van der Waals surface area (Å²) >= 11 is 0. The van der Waals surface area contributed by atoms with E-state index in [1.165, 1.54) is 55.2 Å². The molecule has 11 rings (SSSR count). The summed E-state index contributed by atoms with van der Waals surface area (Å²) in [6, 6.07) is 78.1. The van der Waals surface area contributed by atoms with Crippen LogP contribution >= 0.6 is 0 Å². The maximum atomic E-state index is 6.38. The monoisotopic (exact) mass is 728 g/mol. The smallest absolute Gasteiger partial charge is 0.137 e. The summed E-state index contributed by atoms with van der Waals surface area (Å²) in [6.07, 6.45) is 0. The Kier molecular flexibility index (Phi) is 7.82. The first kappa shape index (κ1) is 32.8. The summed E-state index contributed by atoms with van der Waals surface area (Å²) in [5.41, 5.74) is 15.6. The molecule has 0 radical (unpaired) electrons. The Morgan fingerprint density at radius 3 is 1.46 bits per heavy atom. The highest BCUT2D eigenvalue weighted by Crippen LogP contribution is 2.41. The van der Waals surface area contributed by atoms with Crippen LogP contribution < -0.4 is 4.90 Å². The van der Waals surface area contributed by atoms with E-state index in [2.05, 4.69) is 216 Å². The third-order valence-corrected chi connectivity index (χ3v) is 11.2. The highest BCUT2D eigenvalue weighted by molar-refractivity contribution is 6.10. The average Bonchev–Trinajstić information content (AvgIpc) is 3.83. The zero-order valence-electron chi connectivity index (χ0n) is 31.1. The fourth-order valence-electron chi connectivity index (χ4n) is 8.40. The molecule has 57 heavy (non-hydrogen) atoms. The van der Waals surface area contributed by atoms with E-state index in [1.54, 1.807) is 0 Å². The number of hydrogen-bond acceptors (Lipinski definition) is 2. The summed E-state index contributed by atoms with van der Waals surface area (Å²) in [5.74, 6) is 0. The van der Waals surface area contributed by atoms with E-state index in [4.69, 9.17) is 4.42 Å². The number of hydrogen-bond donors (Lipinski definition) is 0. The van der Waals surface area contributed by atoms with Crippen molar-refractivity contribution in [2.75, 3.05) is 4.90 Å². The molecule has 0 bridgehead atoms. The van der Waals surface area contributed by atoms with Gasteiger partial charge in [-0.15, -0.1) is 0 Å². The van der Waals surface area contributed by atoms with E-state index >= 15 is 0 Å². The number of nitrogens with zero attached hydrogens (tertiary/aromatic N) is 2. The van der Waals surface area contributed by atoms with Crippen molar-refractivity contribution in [1.82, 2.24) is 4.57 Å². The van der Waals surface area contributed by atoms with Gasteiger partial charge in [0.2, 0.25) is 0 Å². The van der Waals surface area contributed by atoms with Gasteiger partial charge >= 0.3 is 0 Å². The predicted octanol–water partition coefficient (Wildman–Crippen LogP) is 15.2. The van der Waals surface area contributed by atoms with Crippen LogP contribution in [0, 0.1) is 0 Å². The largest absolute Gasteiger partial charge is 0.456 e. The van der Waals surface area contributed by atoms with E-state index in [9.17, 15) is 0 Å². The standard InChI is InChI=1S/C54H36N2O/c1-3-11-37(12-4-1)38-19-21-39(22-20-38)40-23-28-44(29-24-40)55(46-32-33-49-48-16-8-10-18-53(48)57-54(49)36-46)45-30-25-41(26-31-45)42-27-34-52-50(35-42)47-15-7-9-17-51(47)56(52)43-13-5-2-6-14-43/h1-36H. The lowest BCUT2D eigenvalue weighted by molar-refractivity contribution is 0.669. The normalized spacial score (nSPS) is 11.5. The Bertz CT molecular complexity index is 3200. The van der Waals surface area contributed by atoms with Crippen molar-refractivity contribution in [2.45, 2.75) is 0 Å². The van der Waals surface area contributed by atoms with Crippen LogP contribution in [-0.4, -0.2) is 4.57 Å². The van der Waals surface area contributed by atoms with Gasteiger partial charge in [-0.3, -0.25) is 0 Å². The van der Waals surface area contributed by atoms with Gasteiger partial charge in [0.25, 0.3) is 0 Å². The Labute approximate surface area is 330 Å². The number of benzene rings is 9.